The minimum absolute atomic E-state index is 0.298. The molecule has 0 aliphatic heterocycles. The van der Waals surface area contributed by atoms with E-state index < -0.39 is 0 Å². The van der Waals surface area contributed by atoms with Gasteiger partial charge < -0.3 is 10.1 Å². The van der Waals surface area contributed by atoms with Crippen molar-refractivity contribution in [2.45, 2.75) is 19.9 Å². The second kappa shape index (κ2) is 7.05. The summed E-state index contributed by atoms with van der Waals surface area (Å²) in [5, 5.41) is 3.91. The number of rotatable bonds is 6. The summed E-state index contributed by atoms with van der Waals surface area (Å²) in [6, 6.07) is 12.4. The van der Waals surface area contributed by atoms with Crippen molar-refractivity contribution in [2.75, 3.05) is 11.9 Å². The van der Waals surface area contributed by atoms with Crippen molar-refractivity contribution in [3.63, 3.8) is 0 Å². The van der Waals surface area contributed by atoms with Crippen molar-refractivity contribution >= 4 is 16.7 Å². The SMILES string of the molecule is CCCOc1ccc(CNc2ncnc3ccc(F)cc23)cc1. The minimum Gasteiger partial charge on any atom is -0.494 e. The zero-order valence-corrected chi connectivity index (χ0v) is 12.9. The number of halogens is 1. The third kappa shape index (κ3) is 3.74. The molecule has 3 aromatic rings. The van der Waals surface area contributed by atoms with Crippen molar-refractivity contribution in [1.29, 1.82) is 0 Å². The maximum Gasteiger partial charge on any atom is 0.137 e. The molecule has 1 N–H and O–H groups in total. The molecule has 0 spiro atoms. The molecule has 0 aliphatic carbocycles. The van der Waals surface area contributed by atoms with E-state index in [0.717, 1.165) is 24.3 Å². The van der Waals surface area contributed by atoms with Crippen LogP contribution in [0.1, 0.15) is 18.9 Å². The first-order valence-electron chi connectivity index (χ1n) is 7.62. The molecule has 3 rings (SSSR count). The molecule has 0 radical (unpaired) electrons. The average Bonchev–Trinajstić information content (AvgIpc) is 2.59. The largest absolute Gasteiger partial charge is 0.494 e. The normalized spacial score (nSPS) is 10.7. The average molecular weight is 311 g/mol. The van der Waals surface area contributed by atoms with E-state index in [1.807, 2.05) is 24.3 Å². The van der Waals surface area contributed by atoms with E-state index in [2.05, 4.69) is 22.2 Å². The number of nitrogens with zero attached hydrogens (tertiary/aromatic N) is 2. The molecule has 0 saturated heterocycles. The summed E-state index contributed by atoms with van der Waals surface area (Å²) in [5.74, 6) is 1.19. The molecule has 0 fully saturated rings. The van der Waals surface area contributed by atoms with Crippen LogP contribution < -0.4 is 10.1 Å². The fourth-order valence-electron chi connectivity index (χ4n) is 2.28. The van der Waals surface area contributed by atoms with Gasteiger partial charge in [0.1, 0.15) is 23.7 Å². The first-order valence-corrected chi connectivity index (χ1v) is 7.62. The van der Waals surface area contributed by atoms with Gasteiger partial charge in [-0.05, 0) is 42.3 Å². The Morgan fingerprint density at radius 3 is 2.70 bits per heavy atom. The summed E-state index contributed by atoms with van der Waals surface area (Å²) in [7, 11) is 0. The van der Waals surface area contributed by atoms with E-state index >= 15 is 0 Å². The van der Waals surface area contributed by atoms with E-state index in [9.17, 15) is 4.39 Å². The van der Waals surface area contributed by atoms with E-state index in [-0.39, 0.29) is 5.82 Å². The molecule has 0 amide bonds. The van der Waals surface area contributed by atoms with Crippen LogP contribution in [0.25, 0.3) is 10.9 Å². The molecule has 5 heteroatoms. The molecular formula is C18H18FN3O. The Morgan fingerprint density at radius 1 is 1.09 bits per heavy atom. The van der Waals surface area contributed by atoms with Crippen LogP contribution in [0.5, 0.6) is 5.75 Å². The summed E-state index contributed by atoms with van der Waals surface area (Å²) >= 11 is 0. The first-order chi connectivity index (χ1) is 11.3. The van der Waals surface area contributed by atoms with Gasteiger partial charge >= 0.3 is 0 Å². The summed E-state index contributed by atoms with van der Waals surface area (Å²) < 4.78 is 19.0. The Labute approximate surface area is 134 Å². The van der Waals surface area contributed by atoms with Gasteiger partial charge in [0, 0.05) is 11.9 Å². The number of nitrogens with one attached hydrogen (secondary N) is 1. The summed E-state index contributed by atoms with van der Waals surface area (Å²) in [5.41, 5.74) is 1.81. The maximum atomic E-state index is 13.4. The third-order valence-corrected chi connectivity index (χ3v) is 3.45. The Balaban J connectivity index is 1.72. The van der Waals surface area contributed by atoms with Crippen LogP contribution in [0, 0.1) is 5.82 Å². The highest BCUT2D eigenvalue weighted by molar-refractivity contribution is 5.88. The van der Waals surface area contributed by atoms with Gasteiger partial charge in [0.25, 0.3) is 0 Å². The van der Waals surface area contributed by atoms with Gasteiger partial charge in [0.15, 0.2) is 0 Å². The standard InChI is InChI=1S/C18H18FN3O/c1-2-9-23-15-6-3-13(4-7-15)11-20-18-16-10-14(19)5-8-17(16)21-12-22-18/h3-8,10,12H,2,9,11H2,1H3,(H,20,21,22). The van der Waals surface area contributed by atoms with Gasteiger partial charge in [-0.15, -0.1) is 0 Å². The molecule has 0 unspecified atom stereocenters. The molecular weight excluding hydrogens is 293 g/mol. The first kappa shape index (κ1) is 15.2. The fraction of sp³-hybridized carbons (Fsp3) is 0.222. The topological polar surface area (TPSA) is 47.0 Å². The number of hydrogen-bond donors (Lipinski definition) is 1. The number of ether oxygens (including phenoxy) is 1. The van der Waals surface area contributed by atoms with Crippen LogP contribution in [0.15, 0.2) is 48.8 Å². The fourth-order valence-corrected chi connectivity index (χ4v) is 2.28. The van der Waals surface area contributed by atoms with Crippen molar-refractivity contribution < 1.29 is 9.13 Å². The van der Waals surface area contributed by atoms with E-state index in [1.165, 1.54) is 18.5 Å². The maximum absolute atomic E-state index is 13.4. The van der Waals surface area contributed by atoms with Gasteiger partial charge in [-0.2, -0.15) is 0 Å². The van der Waals surface area contributed by atoms with Crippen LogP contribution in [-0.2, 0) is 6.54 Å². The zero-order valence-electron chi connectivity index (χ0n) is 12.9. The molecule has 0 atom stereocenters. The molecule has 4 nitrogen and oxygen atoms in total. The highest BCUT2D eigenvalue weighted by Crippen LogP contribution is 2.21. The summed E-state index contributed by atoms with van der Waals surface area (Å²) in [6.45, 7) is 3.39. The van der Waals surface area contributed by atoms with Gasteiger partial charge in [-0.1, -0.05) is 19.1 Å². The highest BCUT2D eigenvalue weighted by Gasteiger charge is 2.05. The van der Waals surface area contributed by atoms with Crippen LogP contribution in [0.4, 0.5) is 10.2 Å². The molecule has 1 aromatic heterocycles. The van der Waals surface area contributed by atoms with Crippen LogP contribution >= 0.6 is 0 Å². The lowest BCUT2D eigenvalue weighted by Gasteiger charge is -2.09. The van der Waals surface area contributed by atoms with Gasteiger partial charge in [-0.25, -0.2) is 14.4 Å². The molecule has 118 valence electrons. The molecule has 23 heavy (non-hydrogen) atoms. The predicted octanol–water partition coefficient (Wildman–Crippen LogP) is 4.17. The lowest BCUT2D eigenvalue weighted by molar-refractivity contribution is 0.317. The summed E-state index contributed by atoms with van der Waals surface area (Å²) in [6.07, 6.45) is 2.46. The summed E-state index contributed by atoms with van der Waals surface area (Å²) in [4.78, 5) is 8.35. The predicted molar refractivity (Wildman–Crippen MR) is 89.1 cm³/mol. The molecule has 2 aromatic carbocycles. The number of fused-ring (bicyclic) bond motifs is 1. The lowest BCUT2D eigenvalue weighted by atomic mass is 10.2. The van der Waals surface area contributed by atoms with Crippen molar-refractivity contribution in [3.05, 3.63) is 60.2 Å². The number of benzene rings is 2. The lowest BCUT2D eigenvalue weighted by Crippen LogP contribution is -2.03. The number of anilines is 1. The third-order valence-electron chi connectivity index (χ3n) is 3.45. The van der Waals surface area contributed by atoms with E-state index in [4.69, 9.17) is 4.74 Å². The number of hydrogen-bond acceptors (Lipinski definition) is 4. The highest BCUT2D eigenvalue weighted by atomic mass is 19.1. The van der Waals surface area contributed by atoms with E-state index in [0.29, 0.717) is 23.3 Å². The number of aromatic nitrogens is 2. The Kier molecular flexibility index (Phi) is 4.66. The molecule has 1 heterocycles. The Hall–Kier alpha value is -2.69. The van der Waals surface area contributed by atoms with Crippen LogP contribution in [0.3, 0.4) is 0 Å². The van der Waals surface area contributed by atoms with Gasteiger partial charge in [0.2, 0.25) is 0 Å². The molecule has 0 aliphatic rings. The molecule has 0 bridgehead atoms. The quantitative estimate of drug-likeness (QED) is 0.742. The van der Waals surface area contributed by atoms with Gasteiger partial charge in [-0.3, -0.25) is 0 Å². The molecule has 0 saturated carbocycles. The Bertz CT molecular complexity index is 790. The minimum atomic E-state index is -0.298. The van der Waals surface area contributed by atoms with Crippen molar-refractivity contribution in [3.8, 4) is 5.75 Å². The van der Waals surface area contributed by atoms with Gasteiger partial charge in [0.05, 0.1) is 12.1 Å². The zero-order chi connectivity index (χ0) is 16.1. The Morgan fingerprint density at radius 2 is 1.91 bits per heavy atom. The van der Waals surface area contributed by atoms with Crippen molar-refractivity contribution in [2.24, 2.45) is 0 Å². The van der Waals surface area contributed by atoms with Crippen LogP contribution in [0.2, 0.25) is 0 Å². The van der Waals surface area contributed by atoms with Crippen LogP contribution in [-0.4, -0.2) is 16.6 Å². The van der Waals surface area contributed by atoms with E-state index in [1.54, 1.807) is 6.07 Å². The monoisotopic (exact) mass is 311 g/mol. The van der Waals surface area contributed by atoms with Crippen molar-refractivity contribution in [1.82, 2.24) is 9.97 Å². The second-order valence-electron chi connectivity index (χ2n) is 5.23. The second-order valence-corrected chi connectivity index (χ2v) is 5.23. The smallest absolute Gasteiger partial charge is 0.137 e.